The first-order valence-electron chi connectivity index (χ1n) is 24.4. The lowest BCUT2D eigenvalue weighted by Gasteiger charge is -2.36. The molecule has 0 radical (unpaired) electrons. The van der Waals surface area contributed by atoms with Crippen molar-refractivity contribution in [2.45, 2.75) is 109 Å². The first-order valence-corrected chi connectivity index (χ1v) is 24.4. The highest BCUT2D eigenvalue weighted by Crippen LogP contribution is 2.36. The molecule has 0 bridgehead atoms. The van der Waals surface area contributed by atoms with Gasteiger partial charge in [-0.2, -0.15) is 0 Å². The van der Waals surface area contributed by atoms with Crippen molar-refractivity contribution in [3.8, 4) is 22.4 Å². The fourth-order valence-electron chi connectivity index (χ4n) is 7.59. The third kappa shape index (κ3) is 16.5. The van der Waals surface area contributed by atoms with Crippen LogP contribution in [0.1, 0.15) is 105 Å². The van der Waals surface area contributed by atoms with Crippen molar-refractivity contribution < 1.29 is 9.59 Å². The maximum Gasteiger partial charge on any atom is 0.229 e. The van der Waals surface area contributed by atoms with Crippen molar-refractivity contribution in [3.63, 3.8) is 0 Å². The van der Waals surface area contributed by atoms with Crippen LogP contribution in [-0.4, -0.2) is 58.7 Å². The van der Waals surface area contributed by atoms with Crippen LogP contribution in [0, 0.1) is 31.6 Å². The molecule has 8 rings (SSSR count). The average Bonchev–Trinajstić information content (AvgIpc) is 3.99. The van der Waals surface area contributed by atoms with Gasteiger partial charge in [-0.1, -0.05) is 108 Å². The summed E-state index contributed by atoms with van der Waals surface area (Å²) in [4.78, 5) is 35.9. The molecule has 3 aliphatic heterocycles. The van der Waals surface area contributed by atoms with Crippen LogP contribution in [0.15, 0.2) is 150 Å². The van der Waals surface area contributed by atoms with E-state index in [4.69, 9.17) is 9.98 Å². The number of aliphatic imine (C=N–C) groups is 1. The van der Waals surface area contributed by atoms with Gasteiger partial charge in [0.15, 0.2) is 0 Å². The summed E-state index contributed by atoms with van der Waals surface area (Å²) in [5.74, 6) is 2.59. The van der Waals surface area contributed by atoms with Crippen molar-refractivity contribution in [3.05, 3.63) is 162 Å². The quantitative estimate of drug-likeness (QED) is 0.103. The number of aromatic nitrogens is 1. The molecule has 1 aromatic heterocycles. The maximum absolute atomic E-state index is 10.7. The summed E-state index contributed by atoms with van der Waals surface area (Å²) < 4.78 is 0. The minimum atomic E-state index is -0.141. The first kappa shape index (κ1) is 54.3. The summed E-state index contributed by atoms with van der Waals surface area (Å²) in [6.45, 7) is 41.6. The van der Waals surface area contributed by atoms with E-state index in [1.54, 1.807) is 0 Å². The average molecular weight is 918 g/mol. The van der Waals surface area contributed by atoms with Gasteiger partial charge in [0.05, 0.1) is 22.8 Å². The molecular formula is C59H79N7O2. The minimum absolute atomic E-state index is 0.0164. The van der Waals surface area contributed by atoms with Gasteiger partial charge >= 0.3 is 0 Å². The SMILES string of the molecule is C=C(C)/C(=C/C)N1NC(=Nc2cccc(-c3ccc(CN4CCN(c5ccc(-c6ccc(C)c(C)c6)cc5)CC4)cn3)c2)C=C(C)C1=C.C=C(C)C.CC.CC1CCC(=O)NC1=O.C[C@@H]1C[C@@H]1C. The molecule has 4 aliphatic rings. The normalized spacial score (nSPS) is 19.5. The monoisotopic (exact) mass is 918 g/mol. The van der Waals surface area contributed by atoms with Gasteiger partial charge in [0.25, 0.3) is 0 Å². The third-order valence-corrected chi connectivity index (χ3v) is 12.4. The van der Waals surface area contributed by atoms with Gasteiger partial charge in [-0.25, -0.2) is 4.99 Å². The van der Waals surface area contributed by atoms with Crippen LogP contribution in [0.25, 0.3) is 22.4 Å². The van der Waals surface area contributed by atoms with E-state index < -0.39 is 0 Å². The number of amidine groups is 1. The van der Waals surface area contributed by atoms with E-state index in [9.17, 15) is 9.59 Å². The molecule has 362 valence electrons. The zero-order chi connectivity index (χ0) is 50.1. The Morgan fingerprint density at radius 3 is 1.99 bits per heavy atom. The number of piperidine rings is 1. The van der Waals surface area contributed by atoms with Crippen molar-refractivity contribution in [1.29, 1.82) is 0 Å². The van der Waals surface area contributed by atoms with Crippen molar-refractivity contribution in [2.75, 3.05) is 31.1 Å². The number of hydrogen-bond acceptors (Lipinski definition) is 7. The van der Waals surface area contributed by atoms with Crippen LogP contribution in [0.2, 0.25) is 0 Å². The molecule has 9 heteroatoms. The number of nitrogens with zero attached hydrogens (tertiary/aromatic N) is 5. The van der Waals surface area contributed by atoms with Gasteiger partial charge in [-0.05, 0) is 149 Å². The number of pyridine rings is 1. The van der Waals surface area contributed by atoms with Crippen molar-refractivity contribution in [1.82, 2.24) is 25.6 Å². The number of anilines is 1. The molecule has 0 spiro atoms. The van der Waals surface area contributed by atoms with Crippen LogP contribution in [0.3, 0.4) is 0 Å². The lowest BCUT2D eigenvalue weighted by atomic mass is 10.0. The number of carbonyl (C=O) groups is 2. The molecule has 3 atom stereocenters. The summed E-state index contributed by atoms with van der Waals surface area (Å²) in [5.41, 5.74) is 19.0. The number of amides is 2. The standard InChI is InChI=1S/C42H46N6.C6H9NO2.C5H10.C4H8.C2H6/c1-8-41(29(2)3)48-33(7)32(6)25-42(45-48)44-38-11-9-10-37(26-38)40-19-13-34(27-43-40)28-46-20-22-47(23-21-46)39-17-15-35(16-18-39)36-14-12-30(4)31(5)24-36;1-4-2-3-5(8)7-6(4)9;1-4-3-5(4)2;1-4(2)3;1-2/h8-19,24-27H,2,7,20-23,28H2,1,3-6H3,(H,44,45);4H,2-3H2,1H3,(H,7,8,9);4-5H,3H2,1-2H3;1H2,2-3H3;1-2H3/b41-8-;;;;/t;;4-,5+;;. The highest BCUT2D eigenvalue weighted by molar-refractivity contribution is 5.98. The Balaban J connectivity index is 0.000000418. The van der Waals surface area contributed by atoms with E-state index in [1.165, 1.54) is 45.5 Å². The third-order valence-electron chi connectivity index (χ3n) is 12.4. The molecule has 3 fully saturated rings. The highest BCUT2D eigenvalue weighted by atomic mass is 16.2. The Hall–Kier alpha value is -6.32. The molecule has 2 saturated heterocycles. The summed E-state index contributed by atoms with van der Waals surface area (Å²) >= 11 is 0. The molecule has 2 amide bonds. The Morgan fingerprint density at radius 2 is 1.46 bits per heavy atom. The van der Waals surface area contributed by atoms with E-state index in [1.807, 2.05) is 90.9 Å². The van der Waals surface area contributed by atoms with Gasteiger partial charge in [0.1, 0.15) is 5.84 Å². The van der Waals surface area contributed by atoms with Crippen LogP contribution in [-0.2, 0) is 16.1 Å². The van der Waals surface area contributed by atoms with E-state index in [0.29, 0.717) is 12.8 Å². The van der Waals surface area contributed by atoms with Crippen LogP contribution < -0.4 is 15.6 Å². The number of imide groups is 1. The van der Waals surface area contributed by atoms with E-state index in [0.717, 1.165) is 89.9 Å². The Kier molecular flexibility index (Phi) is 21.0. The van der Waals surface area contributed by atoms with E-state index in [-0.39, 0.29) is 17.7 Å². The minimum Gasteiger partial charge on any atom is -0.369 e. The predicted molar refractivity (Wildman–Crippen MR) is 288 cm³/mol. The molecule has 3 aromatic carbocycles. The molecule has 2 N–H and O–H groups in total. The molecule has 1 saturated carbocycles. The second kappa shape index (κ2) is 26.3. The van der Waals surface area contributed by atoms with Crippen molar-refractivity contribution in [2.24, 2.45) is 22.7 Å². The zero-order valence-corrected chi connectivity index (χ0v) is 43.3. The summed E-state index contributed by atoms with van der Waals surface area (Å²) in [7, 11) is 0. The second-order valence-corrected chi connectivity index (χ2v) is 18.6. The van der Waals surface area contributed by atoms with Gasteiger partial charge in [-0.3, -0.25) is 35.2 Å². The fraction of sp³-hybridized carbons (Fsp3) is 0.390. The van der Waals surface area contributed by atoms with Crippen molar-refractivity contribution >= 4 is 29.0 Å². The highest BCUT2D eigenvalue weighted by Gasteiger charge is 2.26. The van der Waals surface area contributed by atoms with Crippen LogP contribution >= 0.6 is 0 Å². The molecule has 68 heavy (non-hydrogen) atoms. The number of hydrazine groups is 1. The number of nitrogens with one attached hydrogen (secondary N) is 2. The van der Waals surface area contributed by atoms with Gasteiger partial charge in [0, 0.05) is 62.5 Å². The second-order valence-electron chi connectivity index (χ2n) is 18.6. The van der Waals surface area contributed by atoms with Crippen LogP contribution in [0.4, 0.5) is 11.4 Å². The molecule has 4 aromatic rings. The number of carbonyl (C=O) groups excluding carboxylic acids is 2. The number of allylic oxidation sites excluding steroid dienone is 4. The van der Waals surface area contributed by atoms with E-state index >= 15 is 0 Å². The Labute approximate surface area is 409 Å². The number of rotatable bonds is 8. The molecule has 9 nitrogen and oxygen atoms in total. The lowest BCUT2D eigenvalue weighted by molar-refractivity contribution is -0.135. The topological polar surface area (TPSA) is 93.2 Å². The first-order chi connectivity index (χ1) is 32.4. The molecular weight excluding hydrogens is 839 g/mol. The summed E-state index contributed by atoms with van der Waals surface area (Å²) in [6, 6.07) is 28.3. The maximum atomic E-state index is 10.7. The molecule has 4 heterocycles. The largest absolute Gasteiger partial charge is 0.369 e. The number of hydrogen-bond donors (Lipinski definition) is 2. The van der Waals surface area contributed by atoms with Gasteiger partial charge in [0.2, 0.25) is 11.8 Å². The summed E-state index contributed by atoms with van der Waals surface area (Å²) in [6.07, 6.45) is 8.73. The number of aryl methyl sites for hydroxylation is 2. The van der Waals surface area contributed by atoms with E-state index in [2.05, 4.69) is 135 Å². The smallest absolute Gasteiger partial charge is 0.229 e. The number of benzene rings is 3. The number of piperazine rings is 1. The Bertz CT molecular complexity index is 2440. The molecule has 1 aliphatic carbocycles. The lowest BCUT2D eigenvalue weighted by Crippen LogP contribution is -2.45. The van der Waals surface area contributed by atoms with Gasteiger partial charge < -0.3 is 4.90 Å². The predicted octanol–water partition coefficient (Wildman–Crippen LogP) is 13.5. The Morgan fingerprint density at radius 1 is 0.824 bits per heavy atom. The fourth-order valence-corrected chi connectivity index (χ4v) is 7.59. The van der Waals surface area contributed by atoms with Crippen LogP contribution in [0.5, 0.6) is 0 Å². The summed E-state index contributed by atoms with van der Waals surface area (Å²) in [5, 5.41) is 4.20. The molecule has 1 unspecified atom stereocenters. The zero-order valence-electron chi connectivity index (χ0n) is 43.3. The van der Waals surface area contributed by atoms with Gasteiger partial charge in [-0.15, -0.1) is 6.58 Å².